The summed E-state index contributed by atoms with van der Waals surface area (Å²) < 4.78 is 0. The quantitative estimate of drug-likeness (QED) is 0.471. The number of nitrogens with one attached hydrogen (secondary N) is 2. The van der Waals surface area contributed by atoms with Crippen molar-refractivity contribution in [1.82, 2.24) is 10.6 Å². The van der Waals surface area contributed by atoms with Crippen molar-refractivity contribution < 1.29 is 15.0 Å². The van der Waals surface area contributed by atoms with Crippen molar-refractivity contribution in [2.75, 3.05) is 20.1 Å². The summed E-state index contributed by atoms with van der Waals surface area (Å²) in [6, 6.07) is 0. The van der Waals surface area contributed by atoms with Crippen molar-refractivity contribution in [3.05, 3.63) is 0 Å². The molecule has 0 radical (unpaired) electrons. The molecule has 0 unspecified atom stereocenters. The van der Waals surface area contributed by atoms with Gasteiger partial charge in [-0.1, -0.05) is 0 Å². The molecule has 5 heteroatoms. The lowest BCUT2D eigenvalue weighted by molar-refractivity contribution is -0.119. The maximum Gasteiger partial charge on any atom is 0.216 e. The van der Waals surface area contributed by atoms with Crippen LogP contribution in [0.3, 0.4) is 0 Å². The Hall–Kier alpha value is -0.650. The number of rotatable bonds is 4. The van der Waals surface area contributed by atoms with Crippen LogP contribution in [0.15, 0.2) is 0 Å². The molecule has 1 rings (SSSR count). The minimum Gasteiger partial charge on any atom is -0.390 e. The highest BCUT2D eigenvalue weighted by molar-refractivity contribution is 5.72. The number of hydrogen-bond donors (Lipinski definition) is 4. The maximum absolute atomic E-state index is 10.7. The van der Waals surface area contributed by atoms with Crippen molar-refractivity contribution in [2.45, 2.75) is 25.6 Å². The highest BCUT2D eigenvalue weighted by Crippen LogP contribution is 2.30. The van der Waals surface area contributed by atoms with Crippen LogP contribution in [0.1, 0.15) is 13.3 Å². The van der Waals surface area contributed by atoms with E-state index in [0.717, 1.165) is 6.42 Å². The lowest BCUT2D eigenvalue weighted by Crippen LogP contribution is -2.35. The predicted molar refractivity (Wildman–Crippen MR) is 56.2 cm³/mol. The zero-order chi connectivity index (χ0) is 11.4. The largest absolute Gasteiger partial charge is 0.390 e. The third kappa shape index (κ3) is 3.15. The number of hydrogen-bond acceptors (Lipinski definition) is 4. The number of aliphatic hydroxyl groups is 2. The Labute approximate surface area is 89.9 Å². The number of amides is 1. The molecular weight excluding hydrogens is 196 g/mol. The number of aliphatic hydroxyl groups excluding tert-OH is 2. The average molecular weight is 216 g/mol. The Morgan fingerprint density at radius 2 is 1.80 bits per heavy atom. The van der Waals surface area contributed by atoms with Gasteiger partial charge in [-0.15, -0.1) is 0 Å². The lowest BCUT2D eigenvalue weighted by Gasteiger charge is -2.17. The highest BCUT2D eigenvalue weighted by atomic mass is 16.3. The fraction of sp³-hybridized carbons (Fsp3) is 0.900. The Bertz CT molecular complexity index is 223. The van der Waals surface area contributed by atoms with Crippen LogP contribution in [-0.2, 0) is 4.79 Å². The van der Waals surface area contributed by atoms with Crippen LogP contribution in [0.25, 0.3) is 0 Å². The minimum absolute atomic E-state index is 0.0396. The van der Waals surface area contributed by atoms with Crippen LogP contribution in [0.4, 0.5) is 0 Å². The predicted octanol–water partition coefficient (Wildman–Crippen LogP) is -1.30. The number of carbonyl (C=O) groups is 1. The normalized spacial score (nSPS) is 35.5. The summed E-state index contributed by atoms with van der Waals surface area (Å²) in [6.07, 6.45) is -0.671. The Morgan fingerprint density at radius 1 is 1.27 bits per heavy atom. The first-order chi connectivity index (χ1) is 7.06. The summed E-state index contributed by atoms with van der Waals surface area (Å²) in [4.78, 5) is 10.7. The molecule has 0 aromatic carbocycles. The Morgan fingerprint density at radius 3 is 2.27 bits per heavy atom. The van der Waals surface area contributed by atoms with Gasteiger partial charge in [0, 0.05) is 31.8 Å². The van der Waals surface area contributed by atoms with Gasteiger partial charge < -0.3 is 20.8 Å². The lowest BCUT2D eigenvalue weighted by atomic mass is 10.0. The van der Waals surface area contributed by atoms with E-state index in [1.807, 2.05) is 7.05 Å². The minimum atomic E-state index is -0.727. The Balaban J connectivity index is 2.43. The van der Waals surface area contributed by atoms with Crippen LogP contribution >= 0.6 is 0 Å². The summed E-state index contributed by atoms with van der Waals surface area (Å²) >= 11 is 0. The fourth-order valence-corrected chi connectivity index (χ4v) is 2.17. The molecule has 0 aliphatic heterocycles. The molecule has 88 valence electrons. The third-order valence-corrected chi connectivity index (χ3v) is 3.00. The highest BCUT2D eigenvalue weighted by Gasteiger charge is 2.40. The molecule has 4 N–H and O–H groups in total. The maximum atomic E-state index is 10.7. The first-order valence-corrected chi connectivity index (χ1v) is 5.31. The van der Waals surface area contributed by atoms with Gasteiger partial charge in [0.25, 0.3) is 0 Å². The average Bonchev–Trinajstić information content (AvgIpc) is 2.44. The van der Waals surface area contributed by atoms with E-state index in [1.165, 1.54) is 6.92 Å². The first kappa shape index (κ1) is 12.4. The van der Waals surface area contributed by atoms with Crippen molar-refractivity contribution in [3.8, 4) is 0 Å². The van der Waals surface area contributed by atoms with Gasteiger partial charge in [-0.25, -0.2) is 0 Å². The molecular formula is C10H20N2O3. The zero-order valence-electron chi connectivity index (χ0n) is 9.23. The van der Waals surface area contributed by atoms with Crippen molar-refractivity contribution >= 4 is 5.91 Å². The molecule has 1 fully saturated rings. The topological polar surface area (TPSA) is 81.6 Å². The summed E-state index contributed by atoms with van der Waals surface area (Å²) in [5, 5.41) is 25.1. The second-order valence-electron chi connectivity index (χ2n) is 4.23. The monoisotopic (exact) mass is 216 g/mol. The molecule has 5 nitrogen and oxygen atoms in total. The molecule has 0 aromatic rings. The van der Waals surface area contributed by atoms with Crippen LogP contribution in [0, 0.1) is 11.8 Å². The van der Waals surface area contributed by atoms with Crippen molar-refractivity contribution in [1.29, 1.82) is 0 Å². The fourth-order valence-electron chi connectivity index (χ4n) is 2.17. The van der Waals surface area contributed by atoms with Crippen LogP contribution < -0.4 is 10.6 Å². The van der Waals surface area contributed by atoms with E-state index in [2.05, 4.69) is 10.6 Å². The van der Waals surface area contributed by atoms with E-state index >= 15 is 0 Å². The molecule has 1 aliphatic carbocycles. The molecule has 4 atom stereocenters. The molecule has 0 saturated heterocycles. The van der Waals surface area contributed by atoms with Crippen LogP contribution in [0.2, 0.25) is 0 Å². The van der Waals surface area contributed by atoms with Gasteiger partial charge in [-0.2, -0.15) is 0 Å². The van der Waals surface area contributed by atoms with Gasteiger partial charge in [-0.3, -0.25) is 4.79 Å². The molecule has 0 aromatic heterocycles. The van der Waals surface area contributed by atoms with Gasteiger partial charge in [0.2, 0.25) is 5.91 Å². The molecule has 1 amide bonds. The second kappa shape index (κ2) is 5.44. The summed E-state index contributed by atoms with van der Waals surface area (Å²) in [6.45, 7) is 2.57. The summed E-state index contributed by atoms with van der Waals surface area (Å²) in [7, 11) is 1.82. The molecule has 0 spiro atoms. The van der Waals surface area contributed by atoms with Crippen LogP contribution in [-0.4, -0.2) is 48.5 Å². The van der Waals surface area contributed by atoms with Gasteiger partial charge >= 0.3 is 0 Å². The van der Waals surface area contributed by atoms with Crippen molar-refractivity contribution in [3.63, 3.8) is 0 Å². The van der Waals surface area contributed by atoms with Gasteiger partial charge in [0.1, 0.15) is 0 Å². The standard InChI is InChI=1S/C10H20N2O3/c1-6(13)12-5-8-3-7(4-11-2)9(14)10(8)15/h7-11,14-15H,3-5H2,1-2H3,(H,12,13)/t7-,8-,9-,10-/m1/s1. The van der Waals surface area contributed by atoms with E-state index in [0.29, 0.717) is 13.1 Å². The summed E-state index contributed by atoms with van der Waals surface area (Å²) in [5.74, 6) is -0.0697. The first-order valence-electron chi connectivity index (χ1n) is 5.31. The van der Waals surface area contributed by atoms with E-state index in [9.17, 15) is 15.0 Å². The molecule has 1 saturated carbocycles. The molecule has 1 aliphatic rings. The van der Waals surface area contributed by atoms with Gasteiger partial charge in [0.05, 0.1) is 12.2 Å². The second-order valence-corrected chi connectivity index (χ2v) is 4.23. The molecule has 0 bridgehead atoms. The summed E-state index contributed by atoms with van der Waals surface area (Å²) in [5.41, 5.74) is 0. The molecule has 0 heterocycles. The van der Waals surface area contributed by atoms with Crippen molar-refractivity contribution in [2.24, 2.45) is 11.8 Å². The smallest absolute Gasteiger partial charge is 0.216 e. The zero-order valence-corrected chi connectivity index (χ0v) is 9.23. The number of carbonyl (C=O) groups excluding carboxylic acids is 1. The van der Waals surface area contributed by atoms with E-state index in [4.69, 9.17) is 0 Å². The van der Waals surface area contributed by atoms with Gasteiger partial charge in [0.15, 0.2) is 0 Å². The van der Waals surface area contributed by atoms with Crippen LogP contribution in [0.5, 0.6) is 0 Å². The Kier molecular flexibility index (Phi) is 4.50. The van der Waals surface area contributed by atoms with E-state index in [1.54, 1.807) is 0 Å². The SMILES string of the molecule is CNC[C@H]1C[C@H](CNC(C)=O)[C@@H](O)[C@@H]1O. The van der Waals surface area contributed by atoms with E-state index < -0.39 is 12.2 Å². The third-order valence-electron chi connectivity index (χ3n) is 3.00. The molecule has 15 heavy (non-hydrogen) atoms. The van der Waals surface area contributed by atoms with E-state index in [-0.39, 0.29) is 17.7 Å². The van der Waals surface area contributed by atoms with Gasteiger partial charge in [-0.05, 0) is 13.5 Å².